The zero-order valence-electron chi connectivity index (χ0n) is 7.49. The number of halogens is 1. The van der Waals surface area contributed by atoms with E-state index in [0.29, 0.717) is 6.54 Å². The number of anilines is 1. The molecular weight excluding hydrogens is 234 g/mol. The number of aromatic nitrogens is 2. The predicted octanol–water partition coefficient (Wildman–Crippen LogP) is 1.26. The Morgan fingerprint density at radius 1 is 1.69 bits per heavy atom. The van der Waals surface area contributed by atoms with Crippen LogP contribution in [0.1, 0.15) is 6.92 Å². The van der Waals surface area contributed by atoms with E-state index in [2.05, 4.69) is 21.0 Å². The Labute approximate surface area is 84.6 Å². The second-order valence-electron chi connectivity index (χ2n) is 3.31. The number of carbonyl (C=O) groups excluding carboxylic acids is 1. The van der Waals surface area contributed by atoms with Gasteiger partial charge in [-0.3, -0.25) is 9.69 Å². The molecule has 4 nitrogen and oxygen atoms in total. The van der Waals surface area contributed by atoms with Crippen LogP contribution in [0.3, 0.4) is 0 Å². The fourth-order valence-corrected chi connectivity index (χ4v) is 1.96. The van der Waals surface area contributed by atoms with Crippen LogP contribution in [0, 0.1) is 5.92 Å². The monoisotopic (exact) mass is 243 g/mol. The Hall–Kier alpha value is -0.840. The van der Waals surface area contributed by atoms with Gasteiger partial charge in [0, 0.05) is 13.1 Å². The summed E-state index contributed by atoms with van der Waals surface area (Å²) >= 11 is 3.29. The molecule has 1 amide bonds. The van der Waals surface area contributed by atoms with Crippen LogP contribution in [0.5, 0.6) is 0 Å². The summed E-state index contributed by atoms with van der Waals surface area (Å²) in [5.74, 6) is 1.03. The van der Waals surface area contributed by atoms with Gasteiger partial charge in [-0.1, -0.05) is 6.92 Å². The first-order valence-corrected chi connectivity index (χ1v) is 4.90. The van der Waals surface area contributed by atoms with Crippen LogP contribution in [0.15, 0.2) is 10.7 Å². The van der Waals surface area contributed by atoms with Crippen LogP contribution in [-0.2, 0) is 11.3 Å². The Balaban J connectivity index is 2.48. The molecule has 1 aliphatic heterocycles. The minimum atomic E-state index is 0.0179. The van der Waals surface area contributed by atoms with Crippen molar-refractivity contribution in [1.29, 1.82) is 0 Å². The zero-order valence-corrected chi connectivity index (χ0v) is 9.08. The van der Waals surface area contributed by atoms with E-state index in [0.717, 1.165) is 10.4 Å². The lowest BCUT2D eigenvalue weighted by molar-refractivity contribution is -0.122. The van der Waals surface area contributed by atoms with Gasteiger partial charge in [-0.15, -0.1) is 0 Å². The van der Waals surface area contributed by atoms with Crippen molar-refractivity contribution in [3.8, 4) is 0 Å². The van der Waals surface area contributed by atoms with Gasteiger partial charge in [0.2, 0.25) is 5.91 Å². The van der Waals surface area contributed by atoms with Crippen molar-refractivity contribution < 1.29 is 4.79 Å². The fraction of sp³-hybridized carbons (Fsp3) is 0.500. The molecule has 0 aliphatic carbocycles. The Morgan fingerprint density at radius 2 is 2.38 bits per heavy atom. The van der Waals surface area contributed by atoms with E-state index in [1.165, 1.54) is 0 Å². The molecule has 13 heavy (non-hydrogen) atoms. The molecule has 1 unspecified atom stereocenters. The van der Waals surface area contributed by atoms with Crippen molar-refractivity contribution in [3.05, 3.63) is 10.7 Å². The number of amides is 1. The highest BCUT2D eigenvalue weighted by Gasteiger charge is 2.28. The van der Waals surface area contributed by atoms with Gasteiger partial charge in [0.15, 0.2) is 0 Å². The van der Waals surface area contributed by atoms with Gasteiger partial charge >= 0.3 is 0 Å². The maximum Gasteiger partial charge on any atom is 0.232 e. The van der Waals surface area contributed by atoms with Crippen LogP contribution < -0.4 is 4.90 Å². The summed E-state index contributed by atoms with van der Waals surface area (Å²) in [5.41, 5.74) is 0. The summed E-state index contributed by atoms with van der Waals surface area (Å²) in [6.45, 7) is 2.58. The molecule has 0 aromatic carbocycles. The fourth-order valence-electron chi connectivity index (χ4n) is 1.56. The first kappa shape index (κ1) is 8.74. The smallest absolute Gasteiger partial charge is 0.232 e. The molecular formula is C8H10BrN3O. The molecule has 0 saturated heterocycles. The van der Waals surface area contributed by atoms with Crippen LogP contribution in [-0.4, -0.2) is 22.7 Å². The number of carbonyl (C=O) groups is 1. The average Bonchev–Trinajstić information content (AvgIpc) is 2.42. The molecule has 0 radical (unpaired) electrons. The van der Waals surface area contributed by atoms with Crippen LogP contribution >= 0.6 is 15.9 Å². The first-order chi connectivity index (χ1) is 6.09. The molecule has 2 heterocycles. The van der Waals surface area contributed by atoms with Crippen molar-refractivity contribution >= 4 is 27.7 Å². The lowest BCUT2D eigenvalue weighted by Crippen LogP contribution is -2.39. The molecule has 0 N–H and O–H groups in total. The third-order valence-electron chi connectivity index (χ3n) is 2.27. The van der Waals surface area contributed by atoms with Crippen molar-refractivity contribution in [2.45, 2.75) is 13.5 Å². The van der Waals surface area contributed by atoms with Gasteiger partial charge in [0.25, 0.3) is 0 Å². The third-order valence-corrected chi connectivity index (χ3v) is 2.66. The highest BCUT2D eigenvalue weighted by Crippen LogP contribution is 2.25. The van der Waals surface area contributed by atoms with Gasteiger partial charge in [-0.25, -0.2) is 4.68 Å². The van der Waals surface area contributed by atoms with Crippen LogP contribution in [0.4, 0.5) is 5.82 Å². The third kappa shape index (κ3) is 1.27. The number of hydrogen-bond acceptors (Lipinski definition) is 2. The number of hydrogen-bond donors (Lipinski definition) is 0. The van der Waals surface area contributed by atoms with Crippen molar-refractivity contribution in [2.24, 2.45) is 5.92 Å². The second kappa shape index (κ2) is 2.83. The summed E-state index contributed by atoms with van der Waals surface area (Å²) in [6.07, 6.45) is 0. The van der Waals surface area contributed by atoms with Gasteiger partial charge in [-0.05, 0) is 15.9 Å². The molecule has 1 aromatic heterocycles. The molecule has 2 rings (SSSR count). The topological polar surface area (TPSA) is 38.1 Å². The lowest BCUT2D eigenvalue weighted by Gasteiger charge is -2.27. The van der Waals surface area contributed by atoms with Gasteiger partial charge < -0.3 is 0 Å². The summed E-state index contributed by atoms with van der Waals surface area (Å²) in [5, 5.41) is 4.23. The Morgan fingerprint density at radius 3 is 3.08 bits per heavy atom. The highest BCUT2D eigenvalue weighted by molar-refractivity contribution is 9.10. The summed E-state index contributed by atoms with van der Waals surface area (Å²) < 4.78 is 2.62. The van der Waals surface area contributed by atoms with Crippen molar-refractivity contribution in [2.75, 3.05) is 11.9 Å². The van der Waals surface area contributed by atoms with E-state index in [4.69, 9.17) is 0 Å². The number of rotatable bonds is 0. The summed E-state index contributed by atoms with van der Waals surface area (Å²) in [7, 11) is 1.78. The summed E-state index contributed by atoms with van der Waals surface area (Å²) in [6, 6.07) is 1.85. The molecule has 0 spiro atoms. The largest absolute Gasteiger partial charge is 0.300 e. The zero-order chi connectivity index (χ0) is 9.59. The SMILES string of the molecule is CC1Cn2nc(Br)cc2N(C)C1=O. The molecule has 70 valence electrons. The Kier molecular flexibility index (Phi) is 1.91. The maximum absolute atomic E-state index is 11.6. The standard InChI is InChI=1S/C8H10BrN3O/c1-5-4-12-7(3-6(9)10-12)11(2)8(5)13/h3,5H,4H2,1-2H3. The lowest BCUT2D eigenvalue weighted by atomic mass is 10.1. The minimum absolute atomic E-state index is 0.0179. The van der Waals surface area contributed by atoms with Crippen molar-refractivity contribution in [1.82, 2.24) is 9.78 Å². The van der Waals surface area contributed by atoms with E-state index >= 15 is 0 Å². The molecule has 0 fully saturated rings. The molecule has 1 atom stereocenters. The maximum atomic E-state index is 11.6. The van der Waals surface area contributed by atoms with E-state index in [1.54, 1.807) is 11.9 Å². The van der Waals surface area contributed by atoms with Crippen LogP contribution in [0.2, 0.25) is 0 Å². The molecule has 5 heteroatoms. The minimum Gasteiger partial charge on any atom is -0.300 e. The van der Waals surface area contributed by atoms with E-state index in [1.807, 2.05) is 17.7 Å². The van der Waals surface area contributed by atoms with E-state index in [-0.39, 0.29) is 11.8 Å². The molecule has 0 bridgehead atoms. The first-order valence-electron chi connectivity index (χ1n) is 4.10. The molecule has 0 saturated carbocycles. The van der Waals surface area contributed by atoms with E-state index in [9.17, 15) is 4.79 Å². The summed E-state index contributed by atoms with van der Waals surface area (Å²) in [4.78, 5) is 13.2. The van der Waals surface area contributed by atoms with Gasteiger partial charge in [0.05, 0.1) is 12.5 Å². The second-order valence-corrected chi connectivity index (χ2v) is 4.12. The van der Waals surface area contributed by atoms with Crippen molar-refractivity contribution in [3.63, 3.8) is 0 Å². The Bertz CT molecular complexity index is 360. The van der Waals surface area contributed by atoms with Gasteiger partial charge in [0.1, 0.15) is 10.4 Å². The van der Waals surface area contributed by atoms with E-state index < -0.39 is 0 Å². The number of nitrogens with zero attached hydrogens (tertiary/aromatic N) is 3. The average molecular weight is 244 g/mol. The highest BCUT2D eigenvalue weighted by atomic mass is 79.9. The predicted molar refractivity (Wildman–Crippen MR) is 52.5 cm³/mol. The molecule has 1 aliphatic rings. The molecule has 1 aromatic rings. The van der Waals surface area contributed by atoms with Crippen LogP contribution in [0.25, 0.3) is 0 Å². The normalized spacial score (nSPS) is 21.9. The van der Waals surface area contributed by atoms with Gasteiger partial charge in [-0.2, -0.15) is 5.10 Å². The number of fused-ring (bicyclic) bond motifs is 1. The quantitative estimate of drug-likeness (QED) is 0.689.